The second-order valence-electron chi connectivity index (χ2n) is 4.16. The van der Waals surface area contributed by atoms with Crippen LogP contribution in [-0.2, 0) is 0 Å². The molecule has 0 saturated carbocycles. The summed E-state index contributed by atoms with van der Waals surface area (Å²) >= 11 is 10.7. The van der Waals surface area contributed by atoms with Gasteiger partial charge in [0.1, 0.15) is 13.6 Å². The van der Waals surface area contributed by atoms with Crippen LogP contribution < -0.4 is 0 Å². The molecule has 0 aliphatic heterocycles. The molecule has 0 radical (unpaired) electrons. The fraction of sp³-hybridized carbons (Fsp3) is 0.143. The van der Waals surface area contributed by atoms with Crippen molar-refractivity contribution in [2.45, 2.75) is 8.06 Å². The summed E-state index contributed by atoms with van der Waals surface area (Å²) in [5, 5.41) is 18.8. The minimum absolute atomic E-state index is 0.0336. The van der Waals surface area contributed by atoms with Crippen molar-refractivity contribution in [2.24, 2.45) is 0 Å². The van der Waals surface area contributed by atoms with Gasteiger partial charge in [0.25, 0.3) is 0 Å². The Labute approximate surface area is 136 Å². The summed E-state index contributed by atoms with van der Waals surface area (Å²) in [7, 11) is 0. The Morgan fingerprint density at radius 2 is 1.00 bits per heavy atom. The van der Waals surface area contributed by atoms with E-state index in [0.29, 0.717) is 0 Å². The molecule has 0 saturated heterocycles. The third kappa shape index (κ3) is 3.74. The normalized spacial score (nSPS) is 11.8. The first-order valence-electron chi connectivity index (χ1n) is 5.52. The van der Waals surface area contributed by atoms with Crippen LogP contribution in [0.2, 0.25) is 0 Å². The highest BCUT2D eigenvalue weighted by atomic mass is 80.0. The predicted molar refractivity (Wildman–Crippen MR) is 87.6 cm³/mol. The smallest absolute Gasteiger partial charge is 0.145 e. The van der Waals surface area contributed by atoms with E-state index in [1.54, 1.807) is 24.3 Å². The molecule has 0 aliphatic rings. The van der Waals surface area contributed by atoms with Crippen LogP contribution in [0.25, 0.3) is 0 Å². The van der Waals surface area contributed by atoms with Gasteiger partial charge < -0.3 is 10.2 Å². The van der Waals surface area contributed by atoms with E-state index in [0.717, 1.165) is 11.1 Å². The molecule has 2 nitrogen and oxygen atoms in total. The van der Waals surface area contributed by atoms with Crippen LogP contribution in [0.15, 0.2) is 48.5 Å². The van der Waals surface area contributed by atoms with Gasteiger partial charge in [0.2, 0.25) is 0 Å². The van der Waals surface area contributed by atoms with E-state index in [-0.39, 0.29) is 17.4 Å². The van der Waals surface area contributed by atoms with Crippen molar-refractivity contribution >= 4 is 47.8 Å². The predicted octanol–water partition coefficient (Wildman–Crippen LogP) is 5.07. The molecular weight excluding hydrogens is 440 g/mol. The third-order valence-corrected chi connectivity index (χ3v) is 4.15. The van der Waals surface area contributed by atoms with Crippen LogP contribution in [0, 0.1) is 0 Å². The Kier molecular flexibility index (Phi) is 4.58. The van der Waals surface area contributed by atoms with Gasteiger partial charge in [-0.3, -0.25) is 0 Å². The molecule has 0 aromatic heterocycles. The van der Waals surface area contributed by atoms with Crippen molar-refractivity contribution in [1.29, 1.82) is 0 Å². The van der Waals surface area contributed by atoms with Crippen molar-refractivity contribution in [1.82, 2.24) is 0 Å². The lowest BCUT2D eigenvalue weighted by molar-refractivity contribution is 0.475. The topological polar surface area (TPSA) is 40.5 Å². The number of benzene rings is 2. The van der Waals surface area contributed by atoms with Gasteiger partial charge in [-0.15, -0.1) is 0 Å². The minimum Gasteiger partial charge on any atom is -0.508 e. The maximum atomic E-state index is 9.38. The van der Waals surface area contributed by atoms with Crippen LogP contribution in [0.3, 0.4) is 0 Å². The molecule has 0 spiro atoms. The molecule has 0 unspecified atom stereocenters. The van der Waals surface area contributed by atoms with E-state index >= 15 is 0 Å². The van der Waals surface area contributed by atoms with Crippen molar-refractivity contribution < 1.29 is 10.2 Å². The van der Waals surface area contributed by atoms with Gasteiger partial charge in [-0.25, -0.2) is 0 Å². The van der Waals surface area contributed by atoms with Gasteiger partial charge in [-0.2, -0.15) is 0 Å². The summed E-state index contributed by atoms with van der Waals surface area (Å²) in [6, 6.07) is 14.1. The average molecular weight is 451 g/mol. The lowest BCUT2D eigenvalue weighted by Crippen LogP contribution is -2.16. The van der Waals surface area contributed by atoms with Crippen LogP contribution in [0.4, 0.5) is 0 Å². The number of phenols is 2. The van der Waals surface area contributed by atoms with Crippen LogP contribution >= 0.6 is 47.8 Å². The summed E-state index contributed by atoms with van der Waals surface area (Å²) in [6.07, 6.45) is 0. The van der Waals surface area contributed by atoms with E-state index < -0.39 is 2.14 Å². The lowest BCUT2D eigenvalue weighted by atomic mass is 9.93. The van der Waals surface area contributed by atoms with Gasteiger partial charge in [-0.05, 0) is 35.4 Å². The molecule has 2 aromatic carbocycles. The van der Waals surface area contributed by atoms with E-state index in [4.69, 9.17) is 0 Å². The second kappa shape index (κ2) is 5.85. The number of alkyl halides is 3. The molecule has 0 fully saturated rings. The molecule has 2 N–H and O–H groups in total. The molecule has 0 atom stereocenters. The van der Waals surface area contributed by atoms with Gasteiger partial charge in [0, 0.05) is 5.92 Å². The Morgan fingerprint density at radius 3 is 1.26 bits per heavy atom. The molecule has 0 aliphatic carbocycles. The minimum atomic E-state index is -0.513. The Morgan fingerprint density at radius 1 is 0.684 bits per heavy atom. The molecule has 19 heavy (non-hydrogen) atoms. The van der Waals surface area contributed by atoms with E-state index in [1.807, 2.05) is 24.3 Å². The fourth-order valence-electron chi connectivity index (χ4n) is 1.90. The quantitative estimate of drug-likeness (QED) is 0.627. The average Bonchev–Trinajstić information content (AvgIpc) is 2.33. The van der Waals surface area contributed by atoms with Crippen molar-refractivity contribution in [3.05, 3.63) is 59.7 Å². The first kappa shape index (κ1) is 14.9. The van der Waals surface area contributed by atoms with Gasteiger partial charge in [-0.1, -0.05) is 72.1 Å². The lowest BCUT2D eigenvalue weighted by Gasteiger charge is -2.26. The van der Waals surface area contributed by atoms with Gasteiger partial charge in [0.05, 0.1) is 0 Å². The standard InChI is InChI=1S/C14H11Br3O2/c15-14(16,17)13(9-1-5-11(18)6-2-9)10-3-7-12(19)8-4-10/h1-8,13,18-19H. The Hall–Kier alpha value is -0.520. The summed E-state index contributed by atoms with van der Waals surface area (Å²) in [4.78, 5) is 0. The molecule has 2 aromatic rings. The Bertz CT molecular complexity index is 499. The van der Waals surface area contributed by atoms with Crippen molar-refractivity contribution in [3.63, 3.8) is 0 Å². The van der Waals surface area contributed by atoms with Crippen LogP contribution in [0.1, 0.15) is 17.0 Å². The largest absolute Gasteiger partial charge is 0.508 e. The fourth-order valence-corrected chi connectivity index (χ4v) is 3.49. The van der Waals surface area contributed by atoms with Crippen LogP contribution in [0.5, 0.6) is 11.5 Å². The van der Waals surface area contributed by atoms with E-state index in [2.05, 4.69) is 47.8 Å². The van der Waals surface area contributed by atoms with Gasteiger partial charge >= 0.3 is 0 Å². The van der Waals surface area contributed by atoms with Crippen LogP contribution in [-0.4, -0.2) is 12.4 Å². The first-order chi connectivity index (χ1) is 8.88. The molecule has 0 bridgehead atoms. The maximum Gasteiger partial charge on any atom is 0.145 e. The number of halogens is 3. The monoisotopic (exact) mass is 448 g/mol. The molecule has 2 rings (SSSR count). The third-order valence-electron chi connectivity index (χ3n) is 2.78. The molecular formula is C14H11Br3O2. The van der Waals surface area contributed by atoms with Crippen molar-refractivity contribution in [2.75, 3.05) is 0 Å². The summed E-state index contributed by atoms with van der Waals surface area (Å²) < 4.78 is -0.513. The highest BCUT2D eigenvalue weighted by Crippen LogP contribution is 2.50. The zero-order valence-electron chi connectivity index (χ0n) is 9.72. The summed E-state index contributed by atoms with van der Waals surface area (Å²) in [6.45, 7) is 0. The SMILES string of the molecule is Oc1ccc(C(c2ccc(O)cc2)C(Br)(Br)Br)cc1. The Balaban J connectivity index is 2.47. The van der Waals surface area contributed by atoms with Gasteiger partial charge in [0.15, 0.2) is 0 Å². The number of aromatic hydroxyl groups is 2. The summed E-state index contributed by atoms with van der Waals surface area (Å²) in [5.74, 6) is 0.434. The number of hydrogen-bond donors (Lipinski definition) is 2. The molecule has 100 valence electrons. The zero-order valence-corrected chi connectivity index (χ0v) is 14.5. The van der Waals surface area contributed by atoms with E-state index in [9.17, 15) is 10.2 Å². The van der Waals surface area contributed by atoms with Crippen molar-refractivity contribution in [3.8, 4) is 11.5 Å². The molecule has 5 heteroatoms. The summed E-state index contributed by atoms with van der Waals surface area (Å²) in [5.41, 5.74) is 2.04. The number of rotatable bonds is 2. The highest BCUT2D eigenvalue weighted by molar-refractivity contribution is 9.39. The van der Waals surface area contributed by atoms with E-state index in [1.165, 1.54) is 0 Å². The molecule has 0 heterocycles. The highest BCUT2D eigenvalue weighted by Gasteiger charge is 2.33. The molecule has 0 amide bonds. The number of hydrogen-bond acceptors (Lipinski definition) is 2. The number of phenolic OH excluding ortho intramolecular Hbond substituents is 2. The maximum absolute atomic E-state index is 9.38. The second-order valence-corrected chi connectivity index (χ2v) is 11.1. The first-order valence-corrected chi connectivity index (χ1v) is 7.90. The zero-order chi connectivity index (χ0) is 14.0.